The summed E-state index contributed by atoms with van der Waals surface area (Å²) >= 11 is 0. The minimum atomic E-state index is -0.536. The monoisotopic (exact) mass is 394 g/mol. The summed E-state index contributed by atoms with van der Waals surface area (Å²) in [5, 5.41) is 0. The standard InChI is InChI=1S/C22H22N2O5/c1-27-18-9-5-6-16(14-18)10-13-21(25)23-24-22(26)20-12-11-19(29-20)15-28-17-7-3-2-4-8-17/h2-9,11-12,14H,10,13,15H2,1H3,(H,23,25)(H,24,26). The van der Waals surface area contributed by atoms with E-state index >= 15 is 0 Å². The summed E-state index contributed by atoms with van der Waals surface area (Å²) in [5.41, 5.74) is 5.70. The molecule has 1 heterocycles. The zero-order valence-electron chi connectivity index (χ0n) is 16.0. The van der Waals surface area contributed by atoms with Crippen LogP contribution >= 0.6 is 0 Å². The molecule has 3 aromatic rings. The van der Waals surface area contributed by atoms with E-state index < -0.39 is 5.91 Å². The van der Waals surface area contributed by atoms with Gasteiger partial charge >= 0.3 is 5.91 Å². The summed E-state index contributed by atoms with van der Waals surface area (Å²) in [6.07, 6.45) is 0.752. The number of nitrogens with one attached hydrogen (secondary N) is 2. The topological polar surface area (TPSA) is 89.8 Å². The molecule has 0 aliphatic heterocycles. The van der Waals surface area contributed by atoms with Crippen molar-refractivity contribution in [3.05, 3.63) is 83.8 Å². The van der Waals surface area contributed by atoms with Gasteiger partial charge in [-0.05, 0) is 48.4 Å². The van der Waals surface area contributed by atoms with Crippen molar-refractivity contribution in [1.82, 2.24) is 10.9 Å². The second-order valence-electron chi connectivity index (χ2n) is 6.22. The number of rotatable bonds is 8. The fourth-order valence-corrected chi connectivity index (χ4v) is 2.59. The predicted octanol–water partition coefficient (Wildman–Crippen LogP) is 3.26. The van der Waals surface area contributed by atoms with Gasteiger partial charge < -0.3 is 13.9 Å². The highest BCUT2D eigenvalue weighted by molar-refractivity contribution is 5.92. The van der Waals surface area contributed by atoms with E-state index in [1.54, 1.807) is 13.2 Å². The van der Waals surface area contributed by atoms with Gasteiger partial charge in [0.2, 0.25) is 5.91 Å². The van der Waals surface area contributed by atoms with Crippen molar-refractivity contribution in [3.8, 4) is 11.5 Å². The Bertz CT molecular complexity index is 953. The first kappa shape index (κ1) is 20.0. The molecule has 150 valence electrons. The van der Waals surface area contributed by atoms with E-state index in [-0.39, 0.29) is 24.7 Å². The Labute approximate surface area is 168 Å². The summed E-state index contributed by atoms with van der Waals surface area (Å²) in [6.45, 7) is 0.199. The fourth-order valence-electron chi connectivity index (χ4n) is 2.59. The molecule has 0 spiro atoms. The van der Waals surface area contributed by atoms with E-state index in [1.165, 1.54) is 6.07 Å². The average molecular weight is 394 g/mol. The van der Waals surface area contributed by atoms with Gasteiger partial charge in [-0.3, -0.25) is 20.4 Å². The quantitative estimate of drug-likeness (QED) is 0.573. The molecule has 1 aromatic heterocycles. The maximum atomic E-state index is 12.1. The molecule has 7 nitrogen and oxygen atoms in total. The molecule has 0 fully saturated rings. The summed E-state index contributed by atoms with van der Waals surface area (Å²) in [7, 11) is 1.59. The van der Waals surface area contributed by atoms with Gasteiger partial charge in [0, 0.05) is 6.42 Å². The Morgan fingerprint density at radius 3 is 2.52 bits per heavy atom. The number of aryl methyl sites for hydroxylation is 1. The molecule has 0 radical (unpaired) electrons. The second-order valence-corrected chi connectivity index (χ2v) is 6.22. The molecule has 0 saturated carbocycles. The van der Waals surface area contributed by atoms with Gasteiger partial charge in [0.15, 0.2) is 5.76 Å². The third-order valence-electron chi connectivity index (χ3n) is 4.10. The number of para-hydroxylation sites is 1. The van der Waals surface area contributed by atoms with Crippen molar-refractivity contribution in [2.24, 2.45) is 0 Å². The van der Waals surface area contributed by atoms with E-state index in [1.807, 2.05) is 54.6 Å². The molecule has 0 atom stereocenters. The number of carbonyl (C=O) groups is 2. The lowest BCUT2D eigenvalue weighted by atomic mass is 10.1. The molecule has 0 aliphatic carbocycles. The molecule has 2 aromatic carbocycles. The SMILES string of the molecule is COc1cccc(CCC(=O)NNC(=O)c2ccc(COc3ccccc3)o2)c1. The van der Waals surface area contributed by atoms with Crippen LogP contribution in [-0.4, -0.2) is 18.9 Å². The number of ether oxygens (including phenoxy) is 2. The van der Waals surface area contributed by atoms with Gasteiger partial charge in [-0.1, -0.05) is 30.3 Å². The largest absolute Gasteiger partial charge is 0.497 e. The van der Waals surface area contributed by atoms with Crippen LogP contribution in [0.5, 0.6) is 11.5 Å². The fraction of sp³-hybridized carbons (Fsp3) is 0.182. The Hall–Kier alpha value is -3.74. The number of furan rings is 1. The third kappa shape index (κ3) is 6.14. The predicted molar refractivity (Wildman–Crippen MR) is 106 cm³/mol. The second kappa shape index (κ2) is 9.98. The highest BCUT2D eigenvalue weighted by atomic mass is 16.5. The lowest BCUT2D eigenvalue weighted by molar-refractivity contribution is -0.121. The van der Waals surface area contributed by atoms with Crippen molar-refractivity contribution in [1.29, 1.82) is 0 Å². The Kier molecular flexibility index (Phi) is 6.89. The number of amides is 2. The molecule has 7 heteroatoms. The Balaban J connectivity index is 1.41. The highest BCUT2D eigenvalue weighted by Crippen LogP contribution is 2.15. The van der Waals surface area contributed by atoms with Gasteiger partial charge in [-0.2, -0.15) is 0 Å². The van der Waals surface area contributed by atoms with Gasteiger partial charge in [-0.25, -0.2) is 0 Å². The molecule has 0 aliphatic rings. The molecule has 0 unspecified atom stereocenters. The Morgan fingerprint density at radius 2 is 1.72 bits per heavy atom. The van der Waals surface area contributed by atoms with Crippen LogP contribution in [0.15, 0.2) is 71.1 Å². The van der Waals surface area contributed by atoms with Crippen LogP contribution in [0.1, 0.15) is 28.3 Å². The van der Waals surface area contributed by atoms with E-state index in [9.17, 15) is 9.59 Å². The van der Waals surface area contributed by atoms with Crippen molar-refractivity contribution in [2.45, 2.75) is 19.4 Å². The first-order valence-electron chi connectivity index (χ1n) is 9.13. The molecule has 0 saturated heterocycles. The zero-order valence-corrected chi connectivity index (χ0v) is 16.0. The number of hydrogen-bond donors (Lipinski definition) is 2. The van der Waals surface area contributed by atoms with Crippen LogP contribution < -0.4 is 20.3 Å². The minimum Gasteiger partial charge on any atom is -0.497 e. The summed E-state index contributed by atoms with van der Waals surface area (Å²) in [4.78, 5) is 24.1. The van der Waals surface area contributed by atoms with Crippen LogP contribution in [0.4, 0.5) is 0 Å². The lowest BCUT2D eigenvalue weighted by Crippen LogP contribution is -2.41. The average Bonchev–Trinajstić information content (AvgIpc) is 3.24. The van der Waals surface area contributed by atoms with Crippen molar-refractivity contribution in [2.75, 3.05) is 7.11 Å². The molecular formula is C22H22N2O5. The molecule has 3 rings (SSSR count). The van der Waals surface area contributed by atoms with E-state index in [0.717, 1.165) is 11.3 Å². The first-order valence-corrected chi connectivity index (χ1v) is 9.13. The number of methoxy groups -OCH3 is 1. The normalized spacial score (nSPS) is 10.2. The van der Waals surface area contributed by atoms with Gasteiger partial charge in [-0.15, -0.1) is 0 Å². The number of hydrogen-bond acceptors (Lipinski definition) is 5. The van der Waals surface area contributed by atoms with Crippen LogP contribution in [0.3, 0.4) is 0 Å². The number of hydrazine groups is 1. The summed E-state index contributed by atoms with van der Waals surface area (Å²) in [6, 6.07) is 20.0. The van der Waals surface area contributed by atoms with Crippen LogP contribution in [-0.2, 0) is 17.8 Å². The Morgan fingerprint density at radius 1 is 0.931 bits per heavy atom. The minimum absolute atomic E-state index is 0.0877. The smallest absolute Gasteiger partial charge is 0.305 e. The van der Waals surface area contributed by atoms with E-state index in [2.05, 4.69) is 10.9 Å². The lowest BCUT2D eigenvalue weighted by Gasteiger charge is -2.07. The highest BCUT2D eigenvalue weighted by Gasteiger charge is 2.12. The van der Waals surface area contributed by atoms with E-state index in [4.69, 9.17) is 13.9 Å². The maximum Gasteiger partial charge on any atom is 0.305 e. The van der Waals surface area contributed by atoms with Crippen LogP contribution in [0.2, 0.25) is 0 Å². The van der Waals surface area contributed by atoms with Crippen molar-refractivity contribution < 1.29 is 23.5 Å². The van der Waals surface area contributed by atoms with Crippen molar-refractivity contribution in [3.63, 3.8) is 0 Å². The molecule has 0 bridgehead atoms. The van der Waals surface area contributed by atoms with Gasteiger partial charge in [0.05, 0.1) is 7.11 Å². The van der Waals surface area contributed by atoms with Gasteiger partial charge in [0.25, 0.3) is 0 Å². The van der Waals surface area contributed by atoms with Gasteiger partial charge in [0.1, 0.15) is 23.9 Å². The number of carbonyl (C=O) groups excluding carboxylic acids is 2. The third-order valence-corrected chi connectivity index (χ3v) is 4.10. The zero-order chi connectivity index (χ0) is 20.5. The molecular weight excluding hydrogens is 372 g/mol. The summed E-state index contributed by atoms with van der Waals surface area (Å²) < 4.78 is 16.2. The first-order chi connectivity index (χ1) is 14.1. The molecule has 2 N–H and O–H groups in total. The number of benzene rings is 2. The summed E-state index contributed by atoms with van der Waals surface area (Å²) in [5.74, 6) is 1.19. The van der Waals surface area contributed by atoms with Crippen LogP contribution in [0, 0.1) is 0 Å². The molecule has 29 heavy (non-hydrogen) atoms. The molecule has 2 amide bonds. The van der Waals surface area contributed by atoms with E-state index in [0.29, 0.717) is 17.9 Å². The maximum absolute atomic E-state index is 12.1. The van der Waals surface area contributed by atoms with Crippen molar-refractivity contribution >= 4 is 11.8 Å². The van der Waals surface area contributed by atoms with Crippen LogP contribution in [0.25, 0.3) is 0 Å².